The summed E-state index contributed by atoms with van der Waals surface area (Å²) in [6, 6.07) is 6.47. The Labute approximate surface area is 113 Å². The van der Waals surface area contributed by atoms with E-state index in [4.69, 9.17) is 0 Å². The Hall–Kier alpha value is -2.11. The predicted octanol–water partition coefficient (Wildman–Crippen LogP) is 3.18. The van der Waals surface area contributed by atoms with Crippen LogP contribution in [-0.2, 0) is 0 Å². The van der Waals surface area contributed by atoms with Crippen LogP contribution in [0.15, 0.2) is 36.4 Å². The first-order valence-electron chi connectivity index (χ1n) is 6.10. The van der Waals surface area contributed by atoms with Gasteiger partial charge in [-0.2, -0.15) is 13.2 Å². The molecule has 0 fully saturated rings. The number of carbonyl (C=O) groups excluding carboxylic acids is 2. The molecule has 0 atom stereocenters. The van der Waals surface area contributed by atoms with Crippen molar-refractivity contribution >= 4 is 11.8 Å². The number of allylic oxidation sites excluding steroid dienone is 2. The van der Waals surface area contributed by atoms with Gasteiger partial charge in [0.25, 0.3) is 11.8 Å². The number of nitrogens with zero attached hydrogens (tertiary/aromatic N) is 1. The fraction of sp³-hybridized carbons (Fsp3) is 0.286. The maximum atomic E-state index is 11.9. The number of rotatable bonds is 4. The van der Waals surface area contributed by atoms with Crippen LogP contribution in [0, 0.1) is 0 Å². The summed E-state index contributed by atoms with van der Waals surface area (Å²) in [5.74, 6) is -0.768. The fourth-order valence-electron chi connectivity index (χ4n) is 2.03. The van der Waals surface area contributed by atoms with E-state index in [0.717, 1.165) is 11.0 Å². The summed E-state index contributed by atoms with van der Waals surface area (Å²) in [4.78, 5) is 24.9. The lowest BCUT2D eigenvalue weighted by Crippen LogP contribution is -2.30. The van der Waals surface area contributed by atoms with E-state index >= 15 is 0 Å². The number of halogens is 3. The first-order chi connectivity index (χ1) is 9.40. The second-order valence-electron chi connectivity index (χ2n) is 4.39. The molecule has 0 spiro atoms. The highest BCUT2D eigenvalue weighted by Gasteiger charge is 2.34. The smallest absolute Gasteiger partial charge is 0.274 e. The molecule has 0 saturated carbocycles. The molecular weight excluding hydrogens is 271 g/mol. The van der Waals surface area contributed by atoms with E-state index in [0.29, 0.717) is 17.5 Å². The van der Waals surface area contributed by atoms with Crippen LogP contribution in [-0.4, -0.2) is 29.4 Å². The molecule has 1 heterocycles. The van der Waals surface area contributed by atoms with E-state index in [1.54, 1.807) is 24.3 Å². The summed E-state index contributed by atoms with van der Waals surface area (Å²) in [6.07, 6.45) is -2.70. The molecule has 0 N–H and O–H groups in total. The number of imide groups is 1. The maximum Gasteiger partial charge on any atom is 0.409 e. The van der Waals surface area contributed by atoms with Crippen LogP contribution in [0.4, 0.5) is 13.2 Å². The van der Waals surface area contributed by atoms with Crippen molar-refractivity contribution in [3.05, 3.63) is 47.5 Å². The third-order valence-corrected chi connectivity index (χ3v) is 2.94. The van der Waals surface area contributed by atoms with Crippen LogP contribution in [0.2, 0.25) is 0 Å². The molecule has 3 nitrogen and oxygen atoms in total. The molecule has 0 unspecified atom stereocenters. The van der Waals surface area contributed by atoms with Crippen LogP contribution in [0.5, 0.6) is 0 Å². The van der Waals surface area contributed by atoms with Gasteiger partial charge in [-0.05, 0) is 25.0 Å². The number of carbonyl (C=O) groups is 2. The zero-order valence-corrected chi connectivity index (χ0v) is 10.5. The van der Waals surface area contributed by atoms with Gasteiger partial charge in [-0.15, -0.1) is 0 Å². The Morgan fingerprint density at radius 2 is 1.60 bits per heavy atom. The van der Waals surface area contributed by atoms with Crippen LogP contribution in [0.3, 0.4) is 0 Å². The number of benzene rings is 1. The van der Waals surface area contributed by atoms with Crippen LogP contribution in [0.1, 0.15) is 33.6 Å². The normalized spacial score (nSPS) is 15.2. The molecule has 1 aromatic carbocycles. The molecule has 20 heavy (non-hydrogen) atoms. The van der Waals surface area contributed by atoms with Gasteiger partial charge >= 0.3 is 6.18 Å². The monoisotopic (exact) mass is 283 g/mol. The lowest BCUT2D eigenvalue weighted by atomic mass is 10.1. The van der Waals surface area contributed by atoms with Crippen molar-refractivity contribution < 1.29 is 22.8 Å². The van der Waals surface area contributed by atoms with Crippen molar-refractivity contribution in [2.45, 2.75) is 19.0 Å². The standard InChI is InChI=1S/C14H12F3NO2/c15-14(16,17)8-4-1-5-9-18-12(19)10-6-2-3-7-11(10)13(18)20/h2-4,6-8H,1,5,9H2/b8-4+. The summed E-state index contributed by atoms with van der Waals surface area (Å²) in [7, 11) is 0. The number of hydrogen-bond acceptors (Lipinski definition) is 2. The Balaban J connectivity index is 1.92. The molecule has 0 aromatic heterocycles. The van der Waals surface area contributed by atoms with Crippen molar-refractivity contribution in [1.29, 1.82) is 0 Å². The summed E-state index contributed by atoms with van der Waals surface area (Å²) in [6.45, 7) is 0.120. The molecule has 1 aliphatic rings. The maximum absolute atomic E-state index is 11.9. The van der Waals surface area contributed by atoms with Crippen molar-refractivity contribution in [3.63, 3.8) is 0 Å². The van der Waals surface area contributed by atoms with E-state index in [2.05, 4.69) is 0 Å². The van der Waals surface area contributed by atoms with Gasteiger partial charge in [0.2, 0.25) is 0 Å². The van der Waals surface area contributed by atoms with E-state index < -0.39 is 6.18 Å². The minimum Gasteiger partial charge on any atom is -0.274 e. The van der Waals surface area contributed by atoms with Gasteiger partial charge in [-0.25, -0.2) is 0 Å². The van der Waals surface area contributed by atoms with Gasteiger partial charge in [-0.3, -0.25) is 14.5 Å². The highest BCUT2D eigenvalue weighted by atomic mass is 19.4. The van der Waals surface area contributed by atoms with E-state index in [9.17, 15) is 22.8 Å². The summed E-state index contributed by atoms with van der Waals surface area (Å²) >= 11 is 0. The molecule has 0 saturated heterocycles. The first kappa shape index (κ1) is 14.3. The number of amides is 2. The molecule has 6 heteroatoms. The third-order valence-electron chi connectivity index (χ3n) is 2.94. The van der Waals surface area contributed by atoms with Gasteiger partial charge in [-0.1, -0.05) is 18.2 Å². The summed E-state index contributed by atoms with van der Waals surface area (Å²) in [5, 5.41) is 0. The van der Waals surface area contributed by atoms with Gasteiger partial charge < -0.3 is 0 Å². The fourth-order valence-corrected chi connectivity index (χ4v) is 2.03. The van der Waals surface area contributed by atoms with Gasteiger partial charge in [0.15, 0.2) is 0 Å². The zero-order chi connectivity index (χ0) is 14.8. The minimum absolute atomic E-state index is 0.120. The van der Waals surface area contributed by atoms with Crippen LogP contribution in [0.25, 0.3) is 0 Å². The Kier molecular flexibility index (Phi) is 3.92. The average molecular weight is 283 g/mol. The largest absolute Gasteiger partial charge is 0.409 e. The van der Waals surface area contributed by atoms with E-state index in [1.165, 1.54) is 0 Å². The molecule has 1 aliphatic heterocycles. The van der Waals surface area contributed by atoms with E-state index in [1.807, 2.05) is 0 Å². The quantitative estimate of drug-likeness (QED) is 0.483. The highest BCUT2D eigenvalue weighted by Crippen LogP contribution is 2.23. The Morgan fingerprint density at radius 3 is 2.10 bits per heavy atom. The minimum atomic E-state index is -4.32. The van der Waals surface area contributed by atoms with Crippen molar-refractivity contribution in [1.82, 2.24) is 4.90 Å². The van der Waals surface area contributed by atoms with Gasteiger partial charge in [0.05, 0.1) is 11.1 Å². The van der Waals surface area contributed by atoms with Crippen molar-refractivity contribution in [2.24, 2.45) is 0 Å². The van der Waals surface area contributed by atoms with E-state index in [-0.39, 0.29) is 30.9 Å². The number of fused-ring (bicyclic) bond motifs is 1. The Bertz CT molecular complexity index is 529. The lowest BCUT2D eigenvalue weighted by molar-refractivity contribution is -0.0800. The molecule has 106 valence electrons. The SMILES string of the molecule is O=C1c2ccccc2C(=O)N1CCC/C=C/C(F)(F)F. The second kappa shape index (κ2) is 5.48. The highest BCUT2D eigenvalue weighted by molar-refractivity contribution is 6.21. The molecular formula is C14H12F3NO2. The molecule has 0 bridgehead atoms. The van der Waals surface area contributed by atoms with Crippen LogP contribution >= 0.6 is 0 Å². The number of alkyl halides is 3. The van der Waals surface area contributed by atoms with Gasteiger partial charge in [0, 0.05) is 12.6 Å². The zero-order valence-electron chi connectivity index (χ0n) is 10.5. The predicted molar refractivity (Wildman–Crippen MR) is 66.2 cm³/mol. The lowest BCUT2D eigenvalue weighted by Gasteiger charge is -2.12. The summed E-state index contributed by atoms with van der Waals surface area (Å²) < 4.78 is 35.6. The van der Waals surface area contributed by atoms with Crippen LogP contribution < -0.4 is 0 Å². The topological polar surface area (TPSA) is 37.4 Å². The van der Waals surface area contributed by atoms with Crippen molar-refractivity contribution in [2.75, 3.05) is 6.54 Å². The first-order valence-corrected chi connectivity index (χ1v) is 6.10. The molecule has 2 rings (SSSR count). The molecule has 0 radical (unpaired) electrons. The summed E-state index contributed by atoms with van der Waals surface area (Å²) in [5.41, 5.74) is 0.701. The van der Waals surface area contributed by atoms with Gasteiger partial charge in [0.1, 0.15) is 0 Å². The number of unbranched alkanes of at least 4 members (excludes halogenated alkanes) is 1. The average Bonchev–Trinajstić information content (AvgIpc) is 2.62. The molecule has 0 aliphatic carbocycles. The third kappa shape index (κ3) is 3.07. The van der Waals surface area contributed by atoms with Crippen molar-refractivity contribution in [3.8, 4) is 0 Å². The second-order valence-corrected chi connectivity index (χ2v) is 4.39. The molecule has 2 amide bonds. The number of hydrogen-bond donors (Lipinski definition) is 0. The molecule has 1 aromatic rings. The Morgan fingerprint density at radius 1 is 1.05 bits per heavy atom.